The number of benzene rings is 2. The number of halogens is 1. The van der Waals surface area contributed by atoms with Crippen LogP contribution in [0.2, 0.25) is 0 Å². The minimum Gasteiger partial charge on any atom is -0.496 e. The standard InChI is InChI=1S/C15H13BrN2O4/c1-22-14-7-4-12(16)8-11(14)9-17-15(19)10-2-5-13(6-3-10)18(20)21/h2-8H,9H2,1H3,(H,17,19). The number of hydrogen-bond donors (Lipinski definition) is 1. The van der Waals surface area contributed by atoms with Gasteiger partial charge in [-0.3, -0.25) is 14.9 Å². The third-order valence-corrected chi connectivity index (χ3v) is 3.52. The van der Waals surface area contributed by atoms with Crippen molar-refractivity contribution >= 4 is 27.5 Å². The fraction of sp³-hybridized carbons (Fsp3) is 0.133. The van der Waals surface area contributed by atoms with Crippen LogP contribution in [0.25, 0.3) is 0 Å². The first-order chi connectivity index (χ1) is 10.5. The maximum atomic E-state index is 12.1. The summed E-state index contributed by atoms with van der Waals surface area (Å²) in [5, 5.41) is 13.3. The zero-order valence-electron chi connectivity index (χ0n) is 11.7. The second-order valence-corrected chi connectivity index (χ2v) is 5.36. The Kier molecular flexibility index (Phi) is 5.11. The first kappa shape index (κ1) is 16.0. The van der Waals surface area contributed by atoms with Crippen molar-refractivity contribution in [2.24, 2.45) is 0 Å². The van der Waals surface area contributed by atoms with E-state index in [0.717, 1.165) is 10.0 Å². The Hall–Kier alpha value is -2.41. The van der Waals surface area contributed by atoms with E-state index in [4.69, 9.17) is 4.74 Å². The molecule has 2 rings (SSSR count). The predicted octanol–water partition coefficient (Wildman–Crippen LogP) is 3.30. The van der Waals surface area contributed by atoms with Crippen LogP contribution in [0, 0.1) is 10.1 Å². The number of non-ortho nitro benzene ring substituents is 1. The van der Waals surface area contributed by atoms with E-state index < -0.39 is 4.92 Å². The van der Waals surface area contributed by atoms with Gasteiger partial charge >= 0.3 is 0 Å². The van der Waals surface area contributed by atoms with Crippen LogP contribution in [0.5, 0.6) is 5.75 Å². The van der Waals surface area contributed by atoms with Gasteiger partial charge in [-0.1, -0.05) is 15.9 Å². The predicted molar refractivity (Wildman–Crippen MR) is 85.0 cm³/mol. The molecule has 0 fully saturated rings. The van der Waals surface area contributed by atoms with Gasteiger partial charge in [0.05, 0.1) is 12.0 Å². The lowest BCUT2D eigenvalue weighted by molar-refractivity contribution is -0.384. The summed E-state index contributed by atoms with van der Waals surface area (Å²) in [5.74, 6) is 0.365. The van der Waals surface area contributed by atoms with Crippen molar-refractivity contribution < 1.29 is 14.5 Å². The SMILES string of the molecule is COc1ccc(Br)cc1CNC(=O)c1ccc([N+](=O)[O-])cc1. The summed E-state index contributed by atoms with van der Waals surface area (Å²) in [6, 6.07) is 11.0. The molecule has 22 heavy (non-hydrogen) atoms. The zero-order chi connectivity index (χ0) is 16.1. The molecule has 6 nitrogen and oxygen atoms in total. The highest BCUT2D eigenvalue weighted by molar-refractivity contribution is 9.10. The van der Waals surface area contributed by atoms with Crippen LogP contribution < -0.4 is 10.1 Å². The summed E-state index contributed by atoms with van der Waals surface area (Å²) in [6.45, 7) is 0.290. The second kappa shape index (κ2) is 7.04. The Morgan fingerprint density at radius 1 is 1.27 bits per heavy atom. The average Bonchev–Trinajstić information content (AvgIpc) is 2.52. The summed E-state index contributed by atoms with van der Waals surface area (Å²) in [7, 11) is 1.56. The maximum Gasteiger partial charge on any atom is 0.269 e. The quantitative estimate of drug-likeness (QED) is 0.651. The molecule has 0 aliphatic carbocycles. The minimum absolute atomic E-state index is 0.0507. The van der Waals surface area contributed by atoms with Crippen LogP contribution in [0.15, 0.2) is 46.9 Å². The van der Waals surface area contributed by atoms with Gasteiger partial charge in [0.2, 0.25) is 0 Å². The fourth-order valence-corrected chi connectivity index (χ4v) is 2.31. The fourth-order valence-electron chi connectivity index (χ4n) is 1.90. The highest BCUT2D eigenvalue weighted by Gasteiger charge is 2.10. The van der Waals surface area contributed by atoms with E-state index >= 15 is 0 Å². The molecule has 0 saturated heterocycles. The Balaban J connectivity index is 2.06. The molecule has 0 bridgehead atoms. The van der Waals surface area contributed by atoms with E-state index in [1.165, 1.54) is 24.3 Å². The van der Waals surface area contributed by atoms with Gasteiger partial charge in [0.1, 0.15) is 5.75 Å². The van der Waals surface area contributed by atoms with Crippen molar-refractivity contribution in [2.75, 3.05) is 7.11 Å². The molecule has 0 aliphatic heterocycles. The van der Waals surface area contributed by atoms with Gasteiger partial charge in [-0.15, -0.1) is 0 Å². The van der Waals surface area contributed by atoms with Gasteiger partial charge in [0.25, 0.3) is 11.6 Å². The largest absolute Gasteiger partial charge is 0.496 e. The van der Waals surface area contributed by atoms with Crippen LogP contribution in [-0.2, 0) is 6.54 Å². The number of nitro groups is 1. The highest BCUT2D eigenvalue weighted by Crippen LogP contribution is 2.22. The zero-order valence-corrected chi connectivity index (χ0v) is 13.3. The summed E-state index contributed by atoms with van der Waals surface area (Å²) >= 11 is 3.37. The van der Waals surface area contributed by atoms with Gasteiger partial charge in [-0.05, 0) is 30.3 Å². The molecule has 0 spiro atoms. The molecule has 114 valence electrons. The minimum atomic E-state index is -0.506. The normalized spacial score (nSPS) is 10.1. The molecule has 2 aromatic rings. The number of amides is 1. The Bertz CT molecular complexity index is 701. The second-order valence-electron chi connectivity index (χ2n) is 4.44. The molecule has 0 heterocycles. The molecule has 7 heteroatoms. The topological polar surface area (TPSA) is 81.5 Å². The third-order valence-electron chi connectivity index (χ3n) is 3.02. The molecule has 0 aliphatic rings. The number of methoxy groups -OCH3 is 1. The molecule has 0 atom stereocenters. The molecule has 1 amide bonds. The lowest BCUT2D eigenvalue weighted by atomic mass is 10.1. The number of carbonyl (C=O) groups is 1. The molecule has 2 aromatic carbocycles. The molecular formula is C15H13BrN2O4. The van der Waals surface area contributed by atoms with Crippen molar-refractivity contribution in [1.82, 2.24) is 5.32 Å². The van der Waals surface area contributed by atoms with E-state index in [9.17, 15) is 14.9 Å². The Morgan fingerprint density at radius 2 is 1.95 bits per heavy atom. The summed E-state index contributed by atoms with van der Waals surface area (Å²) in [6.07, 6.45) is 0. The number of hydrogen-bond acceptors (Lipinski definition) is 4. The van der Waals surface area contributed by atoms with Crippen LogP contribution in [0.3, 0.4) is 0 Å². The van der Waals surface area contributed by atoms with Crippen LogP contribution in [0.4, 0.5) is 5.69 Å². The highest BCUT2D eigenvalue weighted by atomic mass is 79.9. The van der Waals surface area contributed by atoms with Crippen LogP contribution in [-0.4, -0.2) is 17.9 Å². The first-order valence-electron chi connectivity index (χ1n) is 6.36. The number of nitrogens with one attached hydrogen (secondary N) is 1. The molecule has 1 N–H and O–H groups in total. The summed E-state index contributed by atoms with van der Waals surface area (Å²) in [5.41, 5.74) is 1.14. The van der Waals surface area contributed by atoms with Crippen LogP contribution >= 0.6 is 15.9 Å². The van der Waals surface area contributed by atoms with Gasteiger partial charge in [0.15, 0.2) is 0 Å². The lowest BCUT2D eigenvalue weighted by Gasteiger charge is -2.10. The summed E-state index contributed by atoms with van der Waals surface area (Å²) in [4.78, 5) is 22.1. The molecule has 0 saturated carbocycles. The number of carbonyl (C=O) groups excluding carboxylic acids is 1. The van der Waals surface area contributed by atoms with Crippen LogP contribution in [0.1, 0.15) is 15.9 Å². The maximum absolute atomic E-state index is 12.1. The van der Waals surface area contributed by atoms with E-state index in [2.05, 4.69) is 21.2 Å². The van der Waals surface area contributed by atoms with E-state index in [-0.39, 0.29) is 11.6 Å². The monoisotopic (exact) mass is 364 g/mol. The third kappa shape index (κ3) is 3.82. The van der Waals surface area contributed by atoms with Gasteiger partial charge in [-0.25, -0.2) is 0 Å². The van der Waals surface area contributed by atoms with E-state index in [1.54, 1.807) is 13.2 Å². The molecular weight excluding hydrogens is 352 g/mol. The lowest BCUT2D eigenvalue weighted by Crippen LogP contribution is -2.23. The van der Waals surface area contributed by atoms with Gasteiger partial charge in [0, 0.05) is 34.3 Å². The number of nitrogens with zero attached hydrogens (tertiary/aromatic N) is 1. The van der Waals surface area contributed by atoms with Crippen molar-refractivity contribution in [3.8, 4) is 5.75 Å². The van der Waals surface area contributed by atoms with Gasteiger partial charge < -0.3 is 10.1 Å². The number of rotatable bonds is 5. The van der Waals surface area contributed by atoms with E-state index in [1.807, 2.05) is 12.1 Å². The smallest absolute Gasteiger partial charge is 0.269 e. The van der Waals surface area contributed by atoms with Crippen molar-refractivity contribution in [1.29, 1.82) is 0 Å². The number of ether oxygens (including phenoxy) is 1. The Labute approximate surface area is 135 Å². The first-order valence-corrected chi connectivity index (χ1v) is 7.15. The Morgan fingerprint density at radius 3 is 2.55 bits per heavy atom. The number of nitro benzene ring substituents is 1. The average molecular weight is 365 g/mol. The van der Waals surface area contributed by atoms with Crippen molar-refractivity contribution in [2.45, 2.75) is 6.54 Å². The van der Waals surface area contributed by atoms with Gasteiger partial charge in [-0.2, -0.15) is 0 Å². The van der Waals surface area contributed by atoms with Crippen molar-refractivity contribution in [3.05, 3.63) is 68.2 Å². The molecule has 0 aromatic heterocycles. The molecule has 0 radical (unpaired) electrons. The molecule has 0 unspecified atom stereocenters. The summed E-state index contributed by atoms with van der Waals surface area (Å²) < 4.78 is 6.12. The van der Waals surface area contributed by atoms with Crippen molar-refractivity contribution in [3.63, 3.8) is 0 Å². The van der Waals surface area contributed by atoms with E-state index in [0.29, 0.717) is 17.9 Å².